The zero-order valence-corrected chi connectivity index (χ0v) is 18.9. The highest BCUT2D eigenvalue weighted by Crippen LogP contribution is 2.39. The van der Waals surface area contributed by atoms with Crippen molar-refractivity contribution >= 4 is 28.0 Å². The highest BCUT2D eigenvalue weighted by atomic mass is 15.1. The maximum Gasteiger partial charge on any atom is 0.114 e. The van der Waals surface area contributed by atoms with Gasteiger partial charge in [0.15, 0.2) is 0 Å². The molecule has 3 N–H and O–H groups in total. The minimum Gasteiger partial charge on any atom is -0.397 e. The first-order valence-electron chi connectivity index (χ1n) is 11.5. The van der Waals surface area contributed by atoms with Gasteiger partial charge in [-0.05, 0) is 60.4 Å². The molecule has 0 fully saturated rings. The summed E-state index contributed by atoms with van der Waals surface area (Å²) >= 11 is 0. The topological polar surface area (TPSA) is 92.8 Å². The molecule has 6 nitrogen and oxygen atoms in total. The van der Waals surface area contributed by atoms with E-state index in [1.165, 1.54) is 5.56 Å². The van der Waals surface area contributed by atoms with Crippen LogP contribution in [0.3, 0.4) is 0 Å². The van der Waals surface area contributed by atoms with Gasteiger partial charge in [-0.1, -0.05) is 31.2 Å². The number of pyridine rings is 2. The summed E-state index contributed by atoms with van der Waals surface area (Å²) in [5, 5.41) is 8.97. The zero-order chi connectivity index (χ0) is 23.1. The summed E-state index contributed by atoms with van der Waals surface area (Å²) < 4.78 is 0. The number of nitrogens with zero attached hydrogens (tertiary/aromatic N) is 4. The van der Waals surface area contributed by atoms with Gasteiger partial charge in [0.1, 0.15) is 5.69 Å². The number of anilines is 1. The molecule has 1 aliphatic heterocycles. The molecule has 0 bridgehead atoms. The molecule has 1 unspecified atom stereocenters. The quantitative estimate of drug-likeness (QED) is 0.357. The lowest BCUT2D eigenvalue weighted by Crippen LogP contribution is -2.22. The molecular weight excluding hydrogens is 420 g/mol. The van der Waals surface area contributed by atoms with E-state index in [0.29, 0.717) is 5.69 Å². The van der Waals surface area contributed by atoms with Gasteiger partial charge in [-0.3, -0.25) is 20.1 Å². The van der Waals surface area contributed by atoms with E-state index < -0.39 is 0 Å². The molecule has 0 saturated heterocycles. The molecule has 4 heterocycles. The number of nitrogen functional groups attached to an aromatic ring is 1. The summed E-state index contributed by atoms with van der Waals surface area (Å²) in [6, 6.07) is 20.5. The maximum atomic E-state index is 5.97. The number of rotatable bonds is 4. The van der Waals surface area contributed by atoms with E-state index in [-0.39, 0.29) is 5.92 Å². The van der Waals surface area contributed by atoms with E-state index in [9.17, 15) is 0 Å². The molecule has 0 amide bonds. The molecule has 6 rings (SSSR count). The van der Waals surface area contributed by atoms with Gasteiger partial charge in [0.2, 0.25) is 0 Å². The van der Waals surface area contributed by atoms with Crippen LogP contribution in [0.1, 0.15) is 24.6 Å². The van der Waals surface area contributed by atoms with Crippen LogP contribution in [-0.2, 0) is 6.42 Å². The Kier molecular flexibility index (Phi) is 4.91. The summed E-state index contributed by atoms with van der Waals surface area (Å²) in [6.45, 7) is 2.22. The van der Waals surface area contributed by atoms with Crippen LogP contribution in [0.25, 0.3) is 33.3 Å². The van der Waals surface area contributed by atoms with Crippen LogP contribution < -0.4 is 5.73 Å². The third-order valence-electron chi connectivity index (χ3n) is 6.56. The summed E-state index contributed by atoms with van der Waals surface area (Å²) in [5.74, 6) is 0.265. The molecule has 1 atom stereocenters. The van der Waals surface area contributed by atoms with Gasteiger partial charge >= 0.3 is 0 Å². The smallest absolute Gasteiger partial charge is 0.114 e. The number of nitrogens with two attached hydrogens (primary N) is 1. The van der Waals surface area contributed by atoms with Crippen molar-refractivity contribution in [1.29, 1.82) is 0 Å². The lowest BCUT2D eigenvalue weighted by molar-refractivity contribution is 0.653. The summed E-state index contributed by atoms with van der Waals surface area (Å²) in [5.41, 5.74) is 16.0. The van der Waals surface area contributed by atoms with Gasteiger partial charge in [-0.15, -0.1) is 0 Å². The number of fused-ring (bicyclic) bond motifs is 2. The molecule has 0 aliphatic carbocycles. The first-order valence-corrected chi connectivity index (χ1v) is 11.5. The van der Waals surface area contributed by atoms with Crippen molar-refractivity contribution in [3.8, 4) is 22.4 Å². The predicted octanol–water partition coefficient (Wildman–Crippen LogP) is 5.97. The fraction of sp³-hybridized carbons (Fsp3) is 0.143. The molecule has 3 aromatic heterocycles. The van der Waals surface area contributed by atoms with Gasteiger partial charge < -0.3 is 5.73 Å². The van der Waals surface area contributed by atoms with E-state index in [2.05, 4.69) is 64.5 Å². The largest absolute Gasteiger partial charge is 0.397 e. The fourth-order valence-electron chi connectivity index (χ4n) is 4.81. The highest BCUT2D eigenvalue weighted by molar-refractivity contribution is 6.12. The first kappa shape index (κ1) is 20.3. The Morgan fingerprint density at radius 3 is 2.76 bits per heavy atom. The molecule has 0 spiro atoms. The Balaban J connectivity index is 1.49. The standard InChI is InChI=1S/C28H24N6/c1-2-17-13-22-21(24-7-3-4-11-31-24)6-5-8-25(22)32-27(17)28-23-14-18(9-10-26(23)33-34-28)19-12-20(29)16-30-15-19/h3-12,14-17H,2,13,29H2,1H3,(H,33,34). The average Bonchev–Trinajstić information content (AvgIpc) is 3.31. The molecule has 6 heteroatoms. The molecule has 1 aliphatic rings. The van der Waals surface area contributed by atoms with Crippen LogP contribution in [0.2, 0.25) is 0 Å². The van der Waals surface area contributed by atoms with E-state index in [0.717, 1.165) is 63.2 Å². The van der Waals surface area contributed by atoms with E-state index in [1.807, 2.05) is 30.6 Å². The van der Waals surface area contributed by atoms with Crippen molar-refractivity contribution in [1.82, 2.24) is 20.2 Å². The molecule has 0 saturated carbocycles. The second-order valence-corrected chi connectivity index (χ2v) is 8.66. The fourth-order valence-corrected chi connectivity index (χ4v) is 4.81. The van der Waals surface area contributed by atoms with Gasteiger partial charge in [-0.25, -0.2) is 0 Å². The van der Waals surface area contributed by atoms with Crippen molar-refractivity contribution in [2.75, 3.05) is 5.73 Å². The number of benzene rings is 2. The number of H-pyrrole nitrogens is 1. The van der Waals surface area contributed by atoms with Gasteiger partial charge in [-0.2, -0.15) is 5.10 Å². The van der Waals surface area contributed by atoms with E-state index in [1.54, 1.807) is 6.20 Å². The Labute approximate surface area is 197 Å². The summed E-state index contributed by atoms with van der Waals surface area (Å²) in [6.07, 6.45) is 7.21. The van der Waals surface area contributed by atoms with Gasteiger partial charge in [0.25, 0.3) is 0 Å². The number of hydrogen-bond donors (Lipinski definition) is 2. The Bertz CT molecular complexity index is 1530. The molecule has 2 aromatic carbocycles. The van der Waals surface area contributed by atoms with Crippen molar-refractivity contribution < 1.29 is 0 Å². The highest BCUT2D eigenvalue weighted by Gasteiger charge is 2.28. The molecule has 166 valence electrons. The van der Waals surface area contributed by atoms with Gasteiger partial charge in [0, 0.05) is 41.0 Å². The number of hydrogen-bond acceptors (Lipinski definition) is 5. The SMILES string of the molecule is CCC1Cc2c(cccc2-c2ccccn2)N=C1c1n[nH]c2ccc(-c3cncc(N)c3)cc12. The van der Waals surface area contributed by atoms with Crippen molar-refractivity contribution in [2.45, 2.75) is 19.8 Å². The van der Waals surface area contributed by atoms with E-state index in [4.69, 9.17) is 15.8 Å². The third kappa shape index (κ3) is 3.44. The number of aromatic nitrogens is 4. The van der Waals surface area contributed by atoms with Crippen molar-refractivity contribution in [3.05, 3.63) is 90.5 Å². The average molecular weight is 445 g/mol. The summed E-state index contributed by atoms with van der Waals surface area (Å²) in [4.78, 5) is 14.0. The number of aliphatic imine (C=N–C) groups is 1. The van der Waals surface area contributed by atoms with Crippen LogP contribution in [-0.4, -0.2) is 25.9 Å². The summed E-state index contributed by atoms with van der Waals surface area (Å²) in [7, 11) is 0. The predicted molar refractivity (Wildman–Crippen MR) is 137 cm³/mol. The maximum absolute atomic E-state index is 5.97. The molecule has 5 aromatic rings. The number of nitrogens with one attached hydrogen (secondary N) is 1. The molecular formula is C28H24N6. The van der Waals surface area contributed by atoms with Crippen LogP contribution in [0.5, 0.6) is 0 Å². The lowest BCUT2D eigenvalue weighted by Gasteiger charge is -2.25. The van der Waals surface area contributed by atoms with Crippen molar-refractivity contribution in [2.24, 2.45) is 10.9 Å². The Hall–Kier alpha value is -4.32. The third-order valence-corrected chi connectivity index (χ3v) is 6.56. The molecule has 0 radical (unpaired) electrons. The second kappa shape index (κ2) is 8.23. The molecule has 34 heavy (non-hydrogen) atoms. The number of aromatic amines is 1. The van der Waals surface area contributed by atoms with Crippen LogP contribution in [0, 0.1) is 5.92 Å². The van der Waals surface area contributed by atoms with Gasteiger partial charge in [0.05, 0.1) is 28.3 Å². The Morgan fingerprint density at radius 2 is 1.94 bits per heavy atom. The normalized spacial score (nSPS) is 15.2. The van der Waals surface area contributed by atoms with E-state index >= 15 is 0 Å². The van der Waals surface area contributed by atoms with Crippen LogP contribution in [0.15, 0.2) is 84.2 Å². The Morgan fingerprint density at radius 1 is 1.00 bits per heavy atom. The minimum atomic E-state index is 0.265. The minimum absolute atomic E-state index is 0.265. The lowest BCUT2D eigenvalue weighted by atomic mass is 9.84. The monoisotopic (exact) mass is 444 g/mol. The van der Waals surface area contributed by atoms with Crippen molar-refractivity contribution in [3.63, 3.8) is 0 Å². The van der Waals surface area contributed by atoms with Crippen LogP contribution >= 0.6 is 0 Å². The second-order valence-electron chi connectivity index (χ2n) is 8.66. The van der Waals surface area contributed by atoms with Crippen LogP contribution in [0.4, 0.5) is 11.4 Å². The zero-order valence-electron chi connectivity index (χ0n) is 18.9. The first-order chi connectivity index (χ1) is 16.7.